The van der Waals surface area contributed by atoms with Crippen LogP contribution in [0.3, 0.4) is 0 Å². The quantitative estimate of drug-likeness (QED) is 0.285. The third-order valence-electron chi connectivity index (χ3n) is 2.06. The summed E-state index contributed by atoms with van der Waals surface area (Å²) in [4.78, 5) is 13.4. The number of oxime groups is 1. The lowest BCUT2D eigenvalue weighted by Crippen LogP contribution is -2.16. The topological polar surface area (TPSA) is 97.3 Å². The Morgan fingerprint density at radius 3 is 2.72 bits per heavy atom. The van der Waals surface area contributed by atoms with Gasteiger partial charge in [-0.3, -0.25) is 4.98 Å². The first-order valence-corrected chi connectivity index (χ1v) is 5.92. The maximum absolute atomic E-state index is 8.65. The molecule has 0 aromatic carbocycles. The molecule has 0 bridgehead atoms. The minimum atomic E-state index is -0.0305. The monoisotopic (exact) mass is 261 g/mol. The summed E-state index contributed by atoms with van der Waals surface area (Å²) in [5, 5.41) is 12.1. The highest BCUT2D eigenvalue weighted by Crippen LogP contribution is 2.23. The molecule has 0 atom stereocenters. The van der Waals surface area contributed by atoms with E-state index in [1.165, 1.54) is 11.8 Å². The Bertz CT molecular complexity index is 573. The van der Waals surface area contributed by atoms with Gasteiger partial charge in [-0.05, 0) is 36.9 Å². The van der Waals surface area contributed by atoms with Crippen LogP contribution in [0.4, 0.5) is 0 Å². The number of nitrogens with two attached hydrogens (primary N) is 1. The molecule has 2 heterocycles. The summed E-state index contributed by atoms with van der Waals surface area (Å²) in [5.74, 6) is -0.0305. The molecule has 2 rings (SSSR count). The molecule has 2 aromatic rings. The predicted molar refractivity (Wildman–Crippen MR) is 67.6 cm³/mol. The van der Waals surface area contributed by atoms with Crippen LogP contribution in [0.25, 0.3) is 0 Å². The van der Waals surface area contributed by atoms with Crippen LogP contribution in [-0.4, -0.2) is 26.0 Å². The number of aromatic nitrogens is 3. The van der Waals surface area contributed by atoms with Gasteiger partial charge in [-0.25, -0.2) is 9.97 Å². The van der Waals surface area contributed by atoms with Gasteiger partial charge in [0, 0.05) is 23.0 Å². The summed E-state index contributed by atoms with van der Waals surface area (Å²) in [6.45, 7) is 1.83. The molecule has 0 aliphatic carbocycles. The molecule has 0 spiro atoms. The van der Waals surface area contributed by atoms with E-state index in [2.05, 4.69) is 20.1 Å². The number of nitrogens with zero attached hydrogens (tertiary/aromatic N) is 4. The second kappa shape index (κ2) is 5.46. The zero-order chi connectivity index (χ0) is 13.0. The van der Waals surface area contributed by atoms with E-state index in [9.17, 15) is 0 Å². The van der Waals surface area contributed by atoms with Crippen molar-refractivity contribution in [3.05, 3.63) is 42.0 Å². The Kier molecular flexibility index (Phi) is 3.73. The Labute approximate surface area is 108 Å². The minimum Gasteiger partial charge on any atom is -0.409 e. The molecule has 18 heavy (non-hydrogen) atoms. The Balaban J connectivity index is 2.31. The van der Waals surface area contributed by atoms with E-state index in [1.54, 1.807) is 18.5 Å². The summed E-state index contributed by atoms with van der Waals surface area (Å²) >= 11 is 1.39. The van der Waals surface area contributed by atoms with Gasteiger partial charge in [0.15, 0.2) is 11.0 Å². The number of hydrogen-bond donors (Lipinski definition) is 2. The van der Waals surface area contributed by atoms with E-state index in [4.69, 9.17) is 10.9 Å². The summed E-state index contributed by atoms with van der Waals surface area (Å²) < 4.78 is 0. The van der Waals surface area contributed by atoms with Crippen LogP contribution in [0.2, 0.25) is 0 Å². The lowest BCUT2D eigenvalue weighted by molar-refractivity contribution is 0.318. The van der Waals surface area contributed by atoms with Crippen molar-refractivity contribution in [3.63, 3.8) is 0 Å². The number of rotatable bonds is 3. The Morgan fingerprint density at radius 1 is 1.33 bits per heavy atom. The molecular formula is C11H11N5OS. The molecule has 7 heteroatoms. The van der Waals surface area contributed by atoms with E-state index < -0.39 is 0 Å². The minimum absolute atomic E-state index is 0.0305. The summed E-state index contributed by atoms with van der Waals surface area (Å²) in [5.41, 5.74) is 6.67. The van der Waals surface area contributed by atoms with Gasteiger partial charge in [-0.2, -0.15) is 0 Å². The summed E-state index contributed by atoms with van der Waals surface area (Å²) in [6, 6.07) is 5.38. The Hall–Kier alpha value is -2.15. The number of amidine groups is 1. The Morgan fingerprint density at radius 2 is 2.06 bits per heavy atom. The van der Waals surface area contributed by atoms with Crippen LogP contribution in [0.5, 0.6) is 0 Å². The second-order valence-electron chi connectivity index (χ2n) is 3.45. The molecule has 0 saturated carbocycles. The first-order valence-electron chi connectivity index (χ1n) is 5.10. The highest BCUT2D eigenvalue weighted by atomic mass is 32.2. The molecule has 0 radical (unpaired) electrons. The van der Waals surface area contributed by atoms with Gasteiger partial charge >= 0.3 is 0 Å². The van der Waals surface area contributed by atoms with E-state index >= 15 is 0 Å². The first kappa shape index (κ1) is 12.3. The molecule has 92 valence electrons. The smallest absolute Gasteiger partial charge is 0.193 e. The normalized spacial score (nSPS) is 11.5. The van der Waals surface area contributed by atoms with Crippen LogP contribution in [-0.2, 0) is 0 Å². The second-order valence-corrected chi connectivity index (χ2v) is 4.49. The number of pyridine rings is 1. The number of hydrogen-bond acceptors (Lipinski definition) is 6. The van der Waals surface area contributed by atoms with E-state index in [-0.39, 0.29) is 5.84 Å². The largest absolute Gasteiger partial charge is 0.409 e. The molecule has 0 amide bonds. The molecular weight excluding hydrogens is 250 g/mol. The lowest BCUT2D eigenvalue weighted by atomic mass is 10.3. The van der Waals surface area contributed by atoms with Crippen LogP contribution >= 0.6 is 11.8 Å². The van der Waals surface area contributed by atoms with Crippen molar-refractivity contribution in [2.75, 3.05) is 0 Å². The van der Waals surface area contributed by atoms with Crippen LogP contribution < -0.4 is 5.73 Å². The van der Waals surface area contributed by atoms with Gasteiger partial charge in [-0.1, -0.05) is 5.16 Å². The highest BCUT2D eigenvalue weighted by molar-refractivity contribution is 7.99. The van der Waals surface area contributed by atoms with Gasteiger partial charge < -0.3 is 10.9 Å². The van der Waals surface area contributed by atoms with Crippen molar-refractivity contribution in [2.45, 2.75) is 17.0 Å². The fourth-order valence-electron chi connectivity index (χ4n) is 1.28. The van der Waals surface area contributed by atoms with E-state index in [1.807, 2.05) is 19.1 Å². The molecule has 0 aliphatic rings. The zero-order valence-electron chi connectivity index (χ0n) is 9.61. The SMILES string of the molecule is Cc1cc(/C(N)=N/O)nc(Sc2ccncc2)n1. The van der Waals surface area contributed by atoms with Crippen molar-refractivity contribution in [2.24, 2.45) is 10.9 Å². The molecule has 0 aliphatic heterocycles. The third-order valence-corrected chi connectivity index (χ3v) is 2.94. The van der Waals surface area contributed by atoms with Crippen LogP contribution in [0, 0.1) is 6.92 Å². The molecule has 0 saturated heterocycles. The summed E-state index contributed by atoms with van der Waals surface area (Å²) in [7, 11) is 0. The average molecular weight is 261 g/mol. The van der Waals surface area contributed by atoms with Gasteiger partial charge in [0.05, 0.1) is 0 Å². The fourth-order valence-corrected chi connectivity index (χ4v) is 2.08. The molecule has 3 N–H and O–H groups in total. The van der Waals surface area contributed by atoms with Crippen molar-refractivity contribution >= 4 is 17.6 Å². The molecule has 2 aromatic heterocycles. The predicted octanol–water partition coefficient (Wildman–Crippen LogP) is 1.43. The van der Waals surface area contributed by atoms with Crippen LogP contribution in [0.15, 0.2) is 45.8 Å². The van der Waals surface area contributed by atoms with Crippen molar-refractivity contribution < 1.29 is 5.21 Å². The third kappa shape index (κ3) is 2.95. The highest BCUT2D eigenvalue weighted by Gasteiger charge is 2.07. The van der Waals surface area contributed by atoms with Crippen molar-refractivity contribution in [1.29, 1.82) is 0 Å². The van der Waals surface area contributed by atoms with Gasteiger partial charge in [-0.15, -0.1) is 0 Å². The van der Waals surface area contributed by atoms with Gasteiger partial charge in [0.2, 0.25) is 0 Å². The van der Waals surface area contributed by atoms with Gasteiger partial charge in [0.25, 0.3) is 0 Å². The van der Waals surface area contributed by atoms with E-state index in [0.717, 1.165) is 10.6 Å². The molecule has 0 fully saturated rings. The van der Waals surface area contributed by atoms with Crippen molar-refractivity contribution in [3.8, 4) is 0 Å². The standard InChI is InChI=1S/C11H11N5OS/c1-7-6-9(10(12)16-17)15-11(14-7)18-8-2-4-13-5-3-8/h2-6,17H,1H3,(H2,12,16). The molecule has 0 unspecified atom stereocenters. The first-order chi connectivity index (χ1) is 8.69. The lowest BCUT2D eigenvalue weighted by Gasteiger charge is -2.04. The number of aryl methyl sites for hydroxylation is 1. The van der Waals surface area contributed by atoms with Crippen LogP contribution in [0.1, 0.15) is 11.4 Å². The van der Waals surface area contributed by atoms with Gasteiger partial charge in [0.1, 0.15) is 5.69 Å². The maximum Gasteiger partial charge on any atom is 0.193 e. The fraction of sp³-hybridized carbons (Fsp3) is 0.0909. The summed E-state index contributed by atoms with van der Waals surface area (Å²) in [6.07, 6.45) is 3.39. The van der Waals surface area contributed by atoms with E-state index in [0.29, 0.717) is 10.9 Å². The zero-order valence-corrected chi connectivity index (χ0v) is 10.4. The average Bonchev–Trinajstić information content (AvgIpc) is 2.38. The van der Waals surface area contributed by atoms with Crippen molar-refractivity contribution in [1.82, 2.24) is 15.0 Å². The maximum atomic E-state index is 8.65. The molecule has 6 nitrogen and oxygen atoms in total.